The summed E-state index contributed by atoms with van der Waals surface area (Å²) in [6.45, 7) is 6.96. The van der Waals surface area contributed by atoms with Crippen molar-refractivity contribution in [1.29, 1.82) is 0 Å². The van der Waals surface area contributed by atoms with E-state index in [9.17, 15) is 10.0 Å². The van der Waals surface area contributed by atoms with E-state index in [1.165, 1.54) is 6.92 Å². The van der Waals surface area contributed by atoms with Crippen molar-refractivity contribution in [3.05, 3.63) is 59.8 Å². The fourth-order valence-corrected chi connectivity index (χ4v) is 2.07. The van der Waals surface area contributed by atoms with Gasteiger partial charge in [0.2, 0.25) is 5.91 Å². The van der Waals surface area contributed by atoms with Crippen LogP contribution in [0.25, 0.3) is 5.57 Å². The summed E-state index contributed by atoms with van der Waals surface area (Å²) in [4.78, 5) is 15.1. The maximum atomic E-state index is 11.2. The quantitative estimate of drug-likeness (QED) is 0.208. The van der Waals surface area contributed by atoms with E-state index in [2.05, 4.69) is 16.9 Å². The second kappa shape index (κ2) is 8.67. The van der Waals surface area contributed by atoms with Crippen molar-refractivity contribution < 1.29 is 15.5 Å². The van der Waals surface area contributed by atoms with Gasteiger partial charge in [0.25, 0.3) is 0 Å². The molecule has 0 aliphatic rings. The van der Waals surface area contributed by atoms with Gasteiger partial charge in [0.15, 0.2) is 5.69 Å². The number of nitrogens with two attached hydrogens (primary N) is 2. The molecule has 23 heavy (non-hydrogen) atoms. The smallest absolute Gasteiger partial charge is 0.220 e. The van der Waals surface area contributed by atoms with Crippen LogP contribution in [0.2, 0.25) is 0 Å². The number of nitrogens with one attached hydrogen (secondary N) is 1. The first-order chi connectivity index (χ1) is 10.9. The number of allylic oxidation sites excluding steroid dienone is 5. The molecule has 0 radical (unpaired) electrons. The first kappa shape index (κ1) is 18.3. The van der Waals surface area contributed by atoms with Crippen LogP contribution in [0.5, 0.6) is 0 Å². The minimum Gasteiger partial charge on any atom is -0.384 e. The number of benzene rings is 1. The van der Waals surface area contributed by atoms with E-state index >= 15 is 0 Å². The van der Waals surface area contributed by atoms with Gasteiger partial charge in [0.1, 0.15) is 5.84 Å². The highest BCUT2D eigenvalue weighted by Gasteiger charge is 2.09. The first-order valence-electron chi connectivity index (χ1n) is 7.05. The number of carbonyl (C=O) groups excluding carboxylic acids is 1. The summed E-state index contributed by atoms with van der Waals surface area (Å²) in [6.07, 6.45) is 5.28. The zero-order valence-corrected chi connectivity index (χ0v) is 13.6. The van der Waals surface area contributed by atoms with E-state index in [-0.39, 0.29) is 5.91 Å². The molecule has 0 aromatic heterocycles. The van der Waals surface area contributed by atoms with Gasteiger partial charge in [0, 0.05) is 37.4 Å². The van der Waals surface area contributed by atoms with Gasteiger partial charge < -0.3 is 11.1 Å². The summed E-state index contributed by atoms with van der Waals surface area (Å²) in [6, 6.07) is 5.41. The van der Waals surface area contributed by atoms with Gasteiger partial charge in [-0.3, -0.25) is 9.79 Å². The summed E-state index contributed by atoms with van der Waals surface area (Å²) in [7, 11) is 1.60. The largest absolute Gasteiger partial charge is 0.384 e. The van der Waals surface area contributed by atoms with Crippen molar-refractivity contribution in [2.24, 2.45) is 10.7 Å². The molecule has 0 fully saturated rings. The zero-order chi connectivity index (χ0) is 17.4. The van der Waals surface area contributed by atoms with Crippen molar-refractivity contribution in [2.75, 3.05) is 7.05 Å². The molecule has 0 unspecified atom stereocenters. The first-order valence-corrected chi connectivity index (χ1v) is 7.05. The molecule has 0 spiro atoms. The van der Waals surface area contributed by atoms with Crippen molar-refractivity contribution in [1.82, 2.24) is 5.32 Å². The number of quaternary nitrogens is 1. The number of carbonyl (C=O) groups is 1. The zero-order valence-electron chi connectivity index (χ0n) is 13.6. The molecule has 6 N–H and O–H groups in total. The van der Waals surface area contributed by atoms with E-state index in [0.717, 1.165) is 16.6 Å². The summed E-state index contributed by atoms with van der Waals surface area (Å²) >= 11 is 0. The van der Waals surface area contributed by atoms with Crippen molar-refractivity contribution >= 4 is 23.0 Å². The normalized spacial score (nSPS) is 13.0. The van der Waals surface area contributed by atoms with Crippen LogP contribution in [0.1, 0.15) is 25.0 Å². The van der Waals surface area contributed by atoms with Crippen LogP contribution in [-0.2, 0) is 4.79 Å². The van der Waals surface area contributed by atoms with E-state index in [1.54, 1.807) is 32.2 Å². The number of hydrogen-bond donors (Lipinski definition) is 4. The molecular weight excluding hydrogens is 292 g/mol. The standard InChI is InChI=1S/C17H22N4O2/c1-5-6-13(7-11(2)20-12(3)22)14-8-15(17(18)19-4)10-16(9-14)21-23/h5-10,21,23H,1H2,2-4H3,(H2,18,19)(H,20,22)/p+1/b11-7+,13-6+. The van der Waals surface area contributed by atoms with Gasteiger partial charge in [-0.2, -0.15) is 5.48 Å². The third-order valence-electron chi connectivity index (χ3n) is 3.02. The number of rotatable bonds is 6. The SMILES string of the molecule is C=C/C=C(\C=C(/C)NC(C)=O)c1cc([NH2+]O)cc(C(N)=NC)c1. The highest BCUT2D eigenvalue weighted by atomic mass is 16.5. The minimum atomic E-state index is -0.141. The summed E-state index contributed by atoms with van der Waals surface area (Å²) in [5, 5.41) is 12.1. The molecule has 0 bridgehead atoms. The highest BCUT2D eigenvalue weighted by molar-refractivity contribution is 5.99. The molecule has 1 aromatic carbocycles. The van der Waals surface area contributed by atoms with Gasteiger partial charge >= 0.3 is 0 Å². The van der Waals surface area contributed by atoms with E-state index in [0.29, 0.717) is 22.8 Å². The van der Waals surface area contributed by atoms with Crippen molar-refractivity contribution in [3.8, 4) is 0 Å². The fraction of sp³-hybridized carbons (Fsp3) is 0.176. The Labute approximate surface area is 136 Å². The Morgan fingerprint density at radius 3 is 2.52 bits per heavy atom. The van der Waals surface area contributed by atoms with Crippen LogP contribution in [0.4, 0.5) is 5.69 Å². The number of nitrogens with zero attached hydrogens (tertiary/aromatic N) is 1. The van der Waals surface area contributed by atoms with E-state index < -0.39 is 0 Å². The van der Waals surface area contributed by atoms with Gasteiger partial charge in [-0.1, -0.05) is 18.7 Å². The van der Waals surface area contributed by atoms with Crippen LogP contribution in [-0.4, -0.2) is 24.0 Å². The van der Waals surface area contributed by atoms with Crippen LogP contribution >= 0.6 is 0 Å². The average Bonchev–Trinajstić information content (AvgIpc) is 2.52. The summed E-state index contributed by atoms with van der Waals surface area (Å²) < 4.78 is 0. The number of amides is 1. The third-order valence-corrected chi connectivity index (χ3v) is 3.02. The molecule has 1 amide bonds. The second-order valence-corrected chi connectivity index (χ2v) is 4.95. The molecule has 0 aliphatic heterocycles. The molecule has 6 heteroatoms. The van der Waals surface area contributed by atoms with Crippen LogP contribution < -0.4 is 16.5 Å². The molecule has 1 aromatic rings. The van der Waals surface area contributed by atoms with Crippen molar-refractivity contribution in [3.63, 3.8) is 0 Å². The Hall–Kier alpha value is -2.70. The Morgan fingerprint density at radius 2 is 2.00 bits per heavy atom. The number of amidine groups is 1. The van der Waals surface area contributed by atoms with Crippen LogP contribution in [0.15, 0.2) is 53.7 Å². The summed E-state index contributed by atoms with van der Waals surface area (Å²) in [5.41, 5.74) is 10.5. The molecular formula is C17H23N4O2+. The highest BCUT2D eigenvalue weighted by Crippen LogP contribution is 2.22. The predicted octanol–water partition coefficient (Wildman–Crippen LogP) is 1.22. The van der Waals surface area contributed by atoms with Crippen LogP contribution in [0.3, 0.4) is 0 Å². The van der Waals surface area contributed by atoms with Gasteiger partial charge in [-0.25, -0.2) is 5.21 Å². The number of aliphatic imine (C=N–C) groups is 1. The molecule has 0 atom stereocenters. The molecule has 1 rings (SSSR count). The minimum absolute atomic E-state index is 0.141. The van der Waals surface area contributed by atoms with E-state index in [1.807, 2.05) is 18.2 Å². The van der Waals surface area contributed by atoms with Gasteiger partial charge in [0.05, 0.1) is 0 Å². The Balaban J connectivity index is 3.40. The second-order valence-electron chi connectivity index (χ2n) is 4.95. The molecule has 6 nitrogen and oxygen atoms in total. The lowest BCUT2D eigenvalue weighted by molar-refractivity contribution is -0.825. The lowest BCUT2D eigenvalue weighted by atomic mass is 10.00. The van der Waals surface area contributed by atoms with Crippen molar-refractivity contribution in [2.45, 2.75) is 13.8 Å². The van der Waals surface area contributed by atoms with Gasteiger partial charge in [-0.15, -0.1) is 0 Å². The lowest BCUT2D eigenvalue weighted by Gasteiger charge is -2.09. The Kier molecular flexibility index (Phi) is 6.92. The Bertz CT molecular complexity index is 688. The van der Waals surface area contributed by atoms with E-state index in [4.69, 9.17) is 5.73 Å². The molecule has 0 heterocycles. The lowest BCUT2D eigenvalue weighted by Crippen LogP contribution is -2.73. The molecule has 122 valence electrons. The van der Waals surface area contributed by atoms with Gasteiger partial charge in [-0.05, 0) is 30.2 Å². The maximum Gasteiger partial charge on any atom is 0.220 e. The topological polar surface area (TPSA) is 104 Å². The average molecular weight is 315 g/mol. The summed E-state index contributed by atoms with van der Waals surface area (Å²) in [5.74, 6) is 0.229. The van der Waals surface area contributed by atoms with Crippen LogP contribution in [0, 0.1) is 0 Å². The molecule has 0 saturated heterocycles. The third kappa shape index (κ3) is 5.54. The predicted molar refractivity (Wildman–Crippen MR) is 92.2 cm³/mol. The molecule has 0 aliphatic carbocycles. The molecule has 0 saturated carbocycles. The maximum absolute atomic E-state index is 11.2. The monoisotopic (exact) mass is 315 g/mol. The fourth-order valence-electron chi connectivity index (χ4n) is 2.07. The Morgan fingerprint density at radius 1 is 1.35 bits per heavy atom. The number of hydrogen-bond acceptors (Lipinski definition) is 3.